The van der Waals surface area contributed by atoms with Crippen LogP contribution in [-0.4, -0.2) is 12.5 Å². The molecule has 4 nitrogen and oxygen atoms in total. The number of nitriles is 2. The molecule has 4 heteroatoms. The molecule has 0 bridgehead atoms. The molecule has 0 saturated carbocycles. The first-order valence-electron chi connectivity index (χ1n) is 6.24. The lowest BCUT2D eigenvalue weighted by Crippen LogP contribution is -2.38. The maximum Gasteiger partial charge on any atom is 0.244 e. The van der Waals surface area contributed by atoms with Crippen LogP contribution in [0.4, 0.5) is 5.69 Å². The molecule has 0 aliphatic carbocycles. The summed E-state index contributed by atoms with van der Waals surface area (Å²) < 4.78 is 0. The van der Waals surface area contributed by atoms with Crippen LogP contribution in [0.15, 0.2) is 30.3 Å². The number of nitrogens with zero attached hydrogens (tertiary/aromatic N) is 3. The first kappa shape index (κ1) is 14.7. The van der Waals surface area contributed by atoms with Crippen molar-refractivity contribution in [3.05, 3.63) is 30.3 Å². The maximum absolute atomic E-state index is 12.4. The van der Waals surface area contributed by atoms with Crippen molar-refractivity contribution in [3.8, 4) is 12.1 Å². The summed E-state index contributed by atoms with van der Waals surface area (Å²) in [6, 6.07) is 13.2. The smallest absolute Gasteiger partial charge is 0.244 e. The van der Waals surface area contributed by atoms with E-state index in [0.29, 0.717) is 6.54 Å². The number of rotatable bonds is 5. The maximum atomic E-state index is 12.4. The molecular formula is C15H17N3O. The van der Waals surface area contributed by atoms with E-state index in [0.717, 1.165) is 5.69 Å². The molecule has 1 amide bonds. The third kappa shape index (κ3) is 3.82. The van der Waals surface area contributed by atoms with Crippen LogP contribution in [0.1, 0.15) is 20.3 Å². The zero-order valence-corrected chi connectivity index (χ0v) is 11.2. The van der Waals surface area contributed by atoms with Crippen molar-refractivity contribution in [3.63, 3.8) is 0 Å². The van der Waals surface area contributed by atoms with E-state index in [1.165, 1.54) is 4.90 Å². The van der Waals surface area contributed by atoms with Crippen molar-refractivity contribution >= 4 is 11.6 Å². The third-order valence-corrected chi connectivity index (χ3v) is 2.85. The van der Waals surface area contributed by atoms with E-state index < -0.39 is 5.92 Å². The standard InChI is InChI=1S/C15H17N3O/c1-12(2)14(11-17)15(19)18(10-6-9-16)13-7-4-3-5-8-13/h3-5,7-8,12,14H,6,10H2,1-2H3. The summed E-state index contributed by atoms with van der Waals surface area (Å²) in [7, 11) is 0. The quantitative estimate of drug-likeness (QED) is 0.812. The van der Waals surface area contributed by atoms with Gasteiger partial charge in [0.1, 0.15) is 5.92 Å². The molecule has 0 fully saturated rings. The van der Waals surface area contributed by atoms with Gasteiger partial charge in [0.05, 0.1) is 18.6 Å². The fourth-order valence-electron chi connectivity index (χ4n) is 1.79. The minimum Gasteiger partial charge on any atom is -0.310 e. The van der Waals surface area contributed by atoms with Crippen molar-refractivity contribution in [2.45, 2.75) is 20.3 Å². The van der Waals surface area contributed by atoms with Gasteiger partial charge in [-0.2, -0.15) is 10.5 Å². The van der Waals surface area contributed by atoms with Crippen LogP contribution in [0.5, 0.6) is 0 Å². The van der Waals surface area contributed by atoms with Gasteiger partial charge < -0.3 is 4.90 Å². The molecule has 1 aromatic carbocycles. The van der Waals surface area contributed by atoms with E-state index in [9.17, 15) is 4.79 Å². The summed E-state index contributed by atoms with van der Waals surface area (Å²) in [6.45, 7) is 4.00. The lowest BCUT2D eigenvalue weighted by Gasteiger charge is -2.25. The minimum absolute atomic E-state index is 0.0502. The Hall–Kier alpha value is -2.33. The summed E-state index contributed by atoms with van der Waals surface area (Å²) in [4.78, 5) is 13.9. The summed E-state index contributed by atoms with van der Waals surface area (Å²) in [5.41, 5.74) is 0.726. The molecule has 1 atom stereocenters. The Morgan fingerprint density at radius 1 is 1.26 bits per heavy atom. The predicted molar refractivity (Wildman–Crippen MR) is 73.0 cm³/mol. The van der Waals surface area contributed by atoms with E-state index in [1.54, 1.807) is 0 Å². The number of hydrogen-bond donors (Lipinski definition) is 0. The highest BCUT2D eigenvalue weighted by molar-refractivity contribution is 5.96. The van der Waals surface area contributed by atoms with Gasteiger partial charge in [-0.05, 0) is 18.1 Å². The van der Waals surface area contributed by atoms with Crippen LogP contribution in [0, 0.1) is 34.5 Å². The van der Waals surface area contributed by atoms with Gasteiger partial charge in [-0.1, -0.05) is 32.0 Å². The predicted octanol–water partition coefficient (Wildman–Crippen LogP) is 2.73. The van der Waals surface area contributed by atoms with E-state index >= 15 is 0 Å². The second-order valence-electron chi connectivity index (χ2n) is 4.58. The van der Waals surface area contributed by atoms with Gasteiger partial charge in [-0.3, -0.25) is 4.79 Å². The molecule has 0 heterocycles. The van der Waals surface area contributed by atoms with Crippen molar-refractivity contribution in [1.29, 1.82) is 10.5 Å². The van der Waals surface area contributed by atoms with Crippen molar-refractivity contribution in [2.24, 2.45) is 11.8 Å². The van der Waals surface area contributed by atoms with Gasteiger partial charge in [0.2, 0.25) is 5.91 Å². The summed E-state index contributed by atoms with van der Waals surface area (Å²) in [5, 5.41) is 17.8. The Morgan fingerprint density at radius 3 is 2.37 bits per heavy atom. The van der Waals surface area contributed by atoms with Gasteiger partial charge in [0.15, 0.2) is 0 Å². The highest BCUT2D eigenvalue weighted by Crippen LogP contribution is 2.20. The van der Waals surface area contributed by atoms with Crippen LogP contribution in [-0.2, 0) is 4.79 Å². The summed E-state index contributed by atoms with van der Waals surface area (Å²) in [5.74, 6) is -0.969. The van der Waals surface area contributed by atoms with E-state index in [1.807, 2.05) is 50.2 Å². The molecule has 0 spiro atoms. The van der Waals surface area contributed by atoms with E-state index in [-0.39, 0.29) is 18.2 Å². The number of para-hydroxylation sites is 1. The number of benzene rings is 1. The average Bonchev–Trinajstić information content (AvgIpc) is 2.40. The number of amides is 1. The molecule has 1 unspecified atom stereocenters. The highest BCUT2D eigenvalue weighted by Gasteiger charge is 2.27. The lowest BCUT2D eigenvalue weighted by molar-refractivity contribution is -0.121. The van der Waals surface area contributed by atoms with Crippen LogP contribution in [0.3, 0.4) is 0 Å². The van der Waals surface area contributed by atoms with Crippen molar-refractivity contribution in [2.75, 3.05) is 11.4 Å². The molecule has 19 heavy (non-hydrogen) atoms. The molecule has 0 aromatic heterocycles. The molecule has 0 aliphatic rings. The molecule has 1 rings (SSSR count). The number of hydrogen-bond acceptors (Lipinski definition) is 3. The van der Waals surface area contributed by atoms with Crippen LogP contribution >= 0.6 is 0 Å². The van der Waals surface area contributed by atoms with E-state index in [2.05, 4.69) is 6.07 Å². The Labute approximate surface area is 113 Å². The fourth-order valence-corrected chi connectivity index (χ4v) is 1.79. The first-order chi connectivity index (χ1) is 9.11. The molecule has 0 aliphatic heterocycles. The second kappa shape index (κ2) is 7.18. The first-order valence-corrected chi connectivity index (χ1v) is 6.24. The van der Waals surface area contributed by atoms with Gasteiger partial charge in [0, 0.05) is 12.2 Å². The average molecular weight is 255 g/mol. The van der Waals surface area contributed by atoms with Gasteiger partial charge in [-0.15, -0.1) is 0 Å². The van der Waals surface area contributed by atoms with Gasteiger partial charge >= 0.3 is 0 Å². The lowest BCUT2D eigenvalue weighted by atomic mass is 9.95. The highest BCUT2D eigenvalue weighted by atomic mass is 16.2. The normalized spacial score (nSPS) is 11.4. The number of carbonyl (C=O) groups excluding carboxylic acids is 1. The molecule has 0 radical (unpaired) electrons. The summed E-state index contributed by atoms with van der Waals surface area (Å²) in [6.07, 6.45) is 0.247. The largest absolute Gasteiger partial charge is 0.310 e. The van der Waals surface area contributed by atoms with Crippen LogP contribution in [0.2, 0.25) is 0 Å². The topological polar surface area (TPSA) is 67.9 Å². The number of carbonyl (C=O) groups is 1. The Morgan fingerprint density at radius 2 is 1.89 bits per heavy atom. The Bertz CT molecular complexity index is 496. The fraction of sp³-hybridized carbons (Fsp3) is 0.400. The van der Waals surface area contributed by atoms with Gasteiger partial charge in [-0.25, -0.2) is 0 Å². The zero-order chi connectivity index (χ0) is 14.3. The Balaban J connectivity index is 3.02. The van der Waals surface area contributed by atoms with Crippen molar-refractivity contribution < 1.29 is 4.79 Å². The number of anilines is 1. The molecule has 0 saturated heterocycles. The molecule has 98 valence electrons. The van der Waals surface area contributed by atoms with E-state index in [4.69, 9.17) is 10.5 Å². The molecule has 0 N–H and O–H groups in total. The minimum atomic E-state index is -0.682. The Kier molecular flexibility index (Phi) is 5.57. The summed E-state index contributed by atoms with van der Waals surface area (Å²) >= 11 is 0. The second-order valence-corrected chi connectivity index (χ2v) is 4.58. The SMILES string of the molecule is CC(C)C(C#N)C(=O)N(CCC#N)c1ccccc1. The third-order valence-electron chi connectivity index (χ3n) is 2.85. The van der Waals surface area contributed by atoms with Crippen LogP contribution in [0.25, 0.3) is 0 Å². The van der Waals surface area contributed by atoms with Crippen molar-refractivity contribution in [1.82, 2.24) is 0 Å². The monoisotopic (exact) mass is 255 g/mol. The molecular weight excluding hydrogens is 238 g/mol. The molecule has 1 aromatic rings. The van der Waals surface area contributed by atoms with Crippen LogP contribution < -0.4 is 4.90 Å². The zero-order valence-electron chi connectivity index (χ0n) is 11.2. The van der Waals surface area contributed by atoms with Gasteiger partial charge in [0.25, 0.3) is 0 Å².